The molecule has 1 rings (SSSR count). The summed E-state index contributed by atoms with van der Waals surface area (Å²) in [5, 5.41) is 0. The van der Waals surface area contributed by atoms with E-state index in [2.05, 4.69) is 44.3 Å². The van der Waals surface area contributed by atoms with Crippen molar-refractivity contribution in [3.8, 4) is 0 Å². The average molecular weight is 180 g/mol. The Balaban J connectivity index is 2.99. The van der Waals surface area contributed by atoms with Gasteiger partial charge in [-0.2, -0.15) is 0 Å². The predicted octanol–water partition coefficient (Wildman–Crippen LogP) is 2.81. The van der Waals surface area contributed by atoms with Crippen LogP contribution in [0.4, 0.5) is 0 Å². The molecule has 1 aromatic rings. The molecule has 74 valence electrons. The minimum atomic E-state index is 0.206. The van der Waals surface area contributed by atoms with Crippen LogP contribution < -0.4 is 0 Å². The molecule has 0 atom stereocenters. The van der Waals surface area contributed by atoms with E-state index < -0.39 is 0 Å². The minimum absolute atomic E-state index is 0.206. The van der Waals surface area contributed by atoms with Crippen LogP contribution in [0.15, 0.2) is 6.20 Å². The lowest BCUT2D eigenvalue weighted by atomic mass is 9.87. The van der Waals surface area contributed by atoms with Gasteiger partial charge in [-0.05, 0) is 13.3 Å². The molecule has 0 unspecified atom stereocenters. The summed E-state index contributed by atoms with van der Waals surface area (Å²) >= 11 is 0. The first-order valence-corrected chi connectivity index (χ1v) is 4.98. The van der Waals surface area contributed by atoms with Crippen LogP contribution in [0.5, 0.6) is 0 Å². The Kier molecular flexibility index (Phi) is 2.79. The predicted molar refractivity (Wildman–Crippen MR) is 55.9 cm³/mol. The van der Waals surface area contributed by atoms with Crippen LogP contribution in [0, 0.1) is 6.92 Å². The van der Waals surface area contributed by atoms with E-state index in [1.807, 2.05) is 6.20 Å². The summed E-state index contributed by atoms with van der Waals surface area (Å²) < 4.78 is 2.19. The highest BCUT2D eigenvalue weighted by Gasteiger charge is 2.24. The second-order valence-electron chi connectivity index (χ2n) is 4.42. The van der Waals surface area contributed by atoms with E-state index >= 15 is 0 Å². The third-order valence-corrected chi connectivity index (χ3v) is 2.70. The van der Waals surface area contributed by atoms with E-state index in [-0.39, 0.29) is 5.41 Å². The topological polar surface area (TPSA) is 17.8 Å². The van der Waals surface area contributed by atoms with Crippen molar-refractivity contribution in [1.29, 1.82) is 0 Å². The lowest BCUT2D eigenvalue weighted by molar-refractivity contribution is 0.430. The summed E-state index contributed by atoms with van der Waals surface area (Å²) in [7, 11) is 2.09. The Morgan fingerprint density at radius 2 is 2.08 bits per heavy atom. The van der Waals surface area contributed by atoms with E-state index in [0.717, 1.165) is 0 Å². The molecule has 13 heavy (non-hydrogen) atoms. The zero-order valence-corrected chi connectivity index (χ0v) is 9.39. The van der Waals surface area contributed by atoms with E-state index in [1.165, 1.54) is 24.4 Å². The Labute approximate surface area is 81.0 Å². The van der Waals surface area contributed by atoms with Crippen molar-refractivity contribution in [2.75, 3.05) is 0 Å². The third-order valence-electron chi connectivity index (χ3n) is 2.70. The molecular weight excluding hydrogens is 160 g/mol. The van der Waals surface area contributed by atoms with Gasteiger partial charge in [-0.1, -0.05) is 27.2 Å². The van der Waals surface area contributed by atoms with Gasteiger partial charge in [0, 0.05) is 24.4 Å². The number of hydrogen-bond donors (Lipinski definition) is 0. The minimum Gasteiger partial charge on any atom is -0.335 e. The summed E-state index contributed by atoms with van der Waals surface area (Å²) in [4.78, 5) is 4.47. The Morgan fingerprint density at radius 1 is 1.46 bits per heavy atom. The van der Waals surface area contributed by atoms with Gasteiger partial charge >= 0.3 is 0 Å². The normalized spacial score (nSPS) is 12.1. The largest absolute Gasteiger partial charge is 0.335 e. The van der Waals surface area contributed by atoms with Crippen LogP contribution in [0.25, 0.3) is 0 Å². The van der Waals surface area contributed by atoms with Gasteiger partial charge in [0.1, 0.15) is 5.82 Å². The highest BCUT2D eigenvalue weighted by Crippen LogP contribution is 2.27. The van der Waals surface area contributed by atoms with Crippen molar-refractivity contribution < 1.29 is 0 Å². The molecule has 0 aromatic carbocycles. The molecule has 0 fully saturated rings. The van der Waals surface area contributed by atoms with E-state index in [4.69, 9.17) is 0 Å². The molecule has 0 aliphatic heterocycles. The smallest absolute Gasteiger partial charge is 0.114 e. The summed E-state index contributed by atoms with van der Waals surface area (Å²) in [6, 6.07) is 0. The Morgan fingerprint density at radius 3 is 2.46 bits per heavy atom. The average Bonchev–Trinajstić information content (AvgIpc) is 2.33. The van der Waals surface area contributed by atoms with E-state index in [9.17, 15) is 0 Å². The first-order valence-electron chi connectivity index (χ1n) is 4.98. The molecule has 0 saturated carbocycles. The molecule has 2 nitrogen and oxygen atoms in total. The Bertz CT molecular complexity index is 284. The maximum Gasteiger partial charge on any atom is 0.114 e. The first-order chi connectivity index (χ1) is 5.99. The van der Waals surface area contributed by atoms with Crippen LogP contribution >= 0.6 is 0 Å². The molecule has 1 aromatic heterocycles. The monoisotopic (exact) mass is 180 g/mol. The second-order valence-corrected chi connectivity index (χ2v) is 4.42. The van der Waals surface area contributed by atoms with Crippen molar-refractivity contribution in [2.24, 2.45) is 7.05 Å². The molecule has 1 heterocycles. The standard InChI is InChI=1S/C11H20N2/c1-6-7-11(3,4)10-12-8-9(2)13(10)5/h8H,6-7H2,1-5H3. The molecule has 0 aliphatic rings. The molecule has 0 amide bonds. The van der Waals surface area contributed by atoms with Crippen molar-refractivity contribution in [2.45, 2.75) is 46.0 Å². The molecule has 0 radical (unpaired) electrons. The van der Waals surface area contributed by atoms with Crippen LogP contribution in [-0.4, -0.2) is 9.55 Å². The number of imidazole rings is 1. The van der Waals surface area contributed by atoms with Crippen molar-refractivity contribution in [3.05, 3.63) is 17.7 Å². The van der Waals surface area contributed by atoms with Crippen LogP contribution in [0.1, 0.15) is 45.1 Å². The zero-order valence-electron chi connectivity index (χ0n) is 9.39. The van der Waals surface area contributed by atoms with Gasteiger partial charge in [0.25, 0.3) is 0 Å². The van der Waals surface area contributed by atoms with Gasteiger partial charge in [-0.15, -0.1) is 0 Å². The van der Waals surface area contributed by atoms with Crippen LogP contribution in [0.3, 0.4) is 0 Å². The molecule has 0 N–H and O–H groups in total. The van der Waals surface area contributed by atoms with Gasteiger partial charge in [0.05, 0.1) is 0 Å². The highest BCUT2D eigenvalue weighted by atomic mass is 15.1. The fraction of sp³-hybridized carbons (Fsp3) is 0.727. The summed E-state index contributed by atoms with van der Waals surface area (Å²) in [5.41, 5.74) is 1.44. The maximum atomic E-state index is 4.47. The quantitative estimate of drug-likeness (QED) is 0.699. The summed E-state index contributed by atoms with van der Waals surface area (Å²) in [5.74, 6) is 1.20. The van der Waals surface area contributed by atoms with Gasteiger partial charge in [-0.3, -0.25) is 0 Å². The van der Waals surface area contributed by atoms with Crippen LogP contribution in [-0.2, 0) is 12.5 Å². The molecule has 2 heteroatoms. The van der Waals surface area contributed by atoms with E-state index in [1.54, 1.807) is 0 Å². The maximum absolute atomic E-state index is 4.47. The zero-order chi connectivity index (χ0) is 10.1. The SMILES string of the molecule is CCCC(C)(C)c1ncc(C)n1C. The lowest BCUT2D eigenvalue weighted by Crippen LogP contribution is -2.22. The highest BCUT2D eigenvalue weighted by molar-refractivity contribution is 5.11. The van der Waals surface area contributed by atoms with Gasteiger partial charge in [-0.25, -0.2) is 4.98 Å². The van der Waals surface area contributed by atoms with Gasteiger partial charge in [0.15, 0.2) is 0 Å². The number of rotatable bonds is 3. The summed E-state index contributed by atoms with van der Waals surface area (Å²) in [6.45, 7) is 8.84. The van der Waals surface area contributed by atoms with Gasteiger partial charge < -0.3 is 4.57 Å². The number of aromatic nitrogens is 2. The fourth-order valence-electron chi connectivity index (χ4n) is 1.86. The van der Waals surface area contributed by atoms with Crippen LogP contribution in [0.2, 0.25) is 0 Å². The molecule has 0 aliphatic carbocycles. The lowest BCUT2D eigenvalue weighted by Gasteiger charge is -2.23. The molecule has 0 spiro atoms. The number of hydrogen-bond acceptors (Lipinski definition) is 1. The second kappa shape index (κ2) is 3.52. The van der Waals surface area contributed by atoms with Crippen molar-refractivity contribution in [3.63, 3.8) is 0 Å². The number of nitrogens with zero attached hydrogens (tertiary/aromatic N) is 2. The Hall–Kier alpha value is -0.790. The molecule has 0 bridgehead atoms. The molecule has 0 saturated heterocycles. The van der Waals surface area contributed by atoms with Crippen molar-refractivity contribution in [1.82, 2.24) is 9.55 Å². The third kappa shape index (κ3) is 1.93. The van der Waals surface area contributed by atoms with Crippen molar-refractivity contribution >= 4 is 0 Å². The molecular formula is C11H20N2. The fourth-order valence-corrected chi connectivity index (χ4v) is 1.86. The first kappa shape index (κ1) is 10.3. The van der Waals surface area contributed by atoms with E-state index in [0.29, 0.717) is 0 Å². The van der Waals surface area contributed by atoms with Gasteiger partial charge in [0.2, 0.25) is 0 Å². The number of aryl methyl sites for hydroxylation is 1. The summed E-state index contributed by atoms with van der Waals surface area (Å²) in [6.07, 6.45) is 4.35.